The van der Waals surface area contributed by atoms with Crippen LogP contribution in [-0.4, -0.2) is 24.1 Å². The van der Waals surface area contributed by atoms with Crippen molar-refractivity contribution < 1.29 is 14.4 Å². The highest BCUT2D eigenvalue weighted by atomic mass is 16.6. The summed E-state index contributed by atoms with van der Waals surface area (Å²) in [6.45, 7) is 0. The lowest BCUT2D eigenvalue weighted by atomic mass is 10.3. The van der Waals surface area contributed by atoms with Gasteiger partial charge in [-0.15, -0.1) is 0 Å². The fraction of sp³-hybridized carbons (Fsp3) is 0.154. The number of aromatic nitrogens is 1. The Hall–Kier alpha value is -2.83. The molecular weight excluding hydrogens is 262 g/mol. The minimum atomic E-state index is -0.488. The number of hydrogen-bond donors (Lipinski definition) is 1. The molecule has 0 atom stereocenters. The molecule has 0 saturated carbocycles. The highest BCUT2D eigenvalue weighted by molar-refractivity contribution is 5.51. The maximum absolute atomic E-state index is 10.8. The van der Waals surface area contributed by atoms with Gasteiger partial charge in [-0.25, -0.2) is 4.98 Å². The van der Waals surface area contributed by atoms with Crippen molar-refractivity contribution in [3.05, 3.63) is 46.6 Å². The number of nitro groups is 1. The molecule has 2 aromatic rings. The van der Waals surface area contributed by atoms with E-state index in [0.717, 1.165) is 0 Å². The van der Waals surface area contributed by atoms with Gasteiger partial charge in [0.2, 0.25) is 0 Å². The summed E-state index contributed by atoms with van der Waals surface area (Å²) in [5.41, 5.74) is -0.0660. The van der Waals surface area contributed by atoms with Gasteiger partial charge in [0, 0.05) is 25.4 Å². The molecule has 0 fully saturated rings. The SMILES string of the molecule is CNc1cc(Oc2cc([N+](=O)[O-])ccc2OC)ccn1. The van der Waals surface area contributed by atoms with Crippen LogP contribution in [0.4, 0.5) is 11.5 Å². The molecule has 20 heavy (non-hydrogen) atoms. The van der Waals surface area contributed by atoms with Crippen molar-refractivity contribution in [1.29, 1.82) is 0 Å². The second kappa shape index (κ2) is 5.87. The number of rotatable bonds is 5. The van der Waals surface area contributed by atoms with Crippen molar-refractivity contribution in [3.8, 4) is 17.2 Å². The van der Waals surface area contributed by atoms with E-state index in [9.17, 15) is 10.1 Å². The second-order valence-corrected chi connectivity index (χ2v) is 3.82. The molecule has 0 unspecified atom stereocenters. The number of nitrogens with one attached hydrogen (secondary N) is 1. The third kappa shape index (κ3) is 2.94. The highest BCUT2D eigenvalue weighted by Crippen LogP contribution is 2.34. The smallest absolute Gasteiger partial charge is 0.273 e. The standard InChI is InChI=1S/C13H13N3O4/c1-14-13-8-10(5-6-15-13)20-12-7-9(16(17)18)3-4-11(12)19-2/h3-8H,1-2H3,(H,14,15). The summed E-state index contributed by atoms with van der Waals surface area (Å²) >= 11 is 0. The first-order chi connectivity index (χ1) is 9.63. The van der Waals surface area contributed by atoms with E-state index >= 15 is 0 Å². The van der Waals surface area contributed by atoms with Gasteiger partial charge < -0.3 is 14.8 Å². The van der Waals surface area contributed by atoms with Gasteiger partial charge in [-0.3, -0.25) is 10.1 Å². The van der Waals surface area contributed by atoms with Crippen LogP contribution in [0.5, 0.6) is 17.2 Å². The Morgan fingerprint density at radius 3 is 2.70 bits per heavy atom. The van der Waals surface area contributed by atoms with E-state index < -0.39 is 4.92 Å². The quantitative estimate of drug-likeness (QED) is 0.667. The minimum Gasteiger partial charge on any atom is -0.493 e. The molecule has 0 radical (unpaired) electrons. The van der Waals surface area contributed by atoms with Crippen molar-refractivity contribution in [2.45, 2.75) is 0 Å². The lowest BCUT2D eigenvalue weighted by Gasteiger charge is -2.10. The number of benzene rings is 1. The topological polar surface area (TPSA) is 86.5 Å². The normalized spacial score (nSPS) is 9.90. The predicted molar refractivity (Wildman–Crippen MR) is 73.5 cm³/mol. The second-order valence-electron chi connectivity index (χ2n) is 3.82. The highest BCUT2D eigenvalue weighted by Gasteiger charge is 2.13. The Bertz CT molecular complexity index is 631. The summed E-state index contributed by atoms with van der Waals surface area (Å²) < 4.78 is 10.8. The summed E-state index contributed by atoms with van der Waals surface area (Å²) in [6, 6.07) is 7.50. The number of non-ortho nitro benzene ring substituents is 1. The molecule has 2 rings (SSSR count). The molecule has 104 valence electrons. The number of hydrogen-bond acceptors (Lipinski definition) is 6. The number of anilines is 1. The van der Waals surface area contributed by atoms with Gasteiger partial charge in [0.25, 0.3) is 5.69 Å². The van der Waals surface area contributed by atoms with Crippen molar-refractivity contribution in [1.82, 2.24) is 4.98 Å². The molecule has 7 heteroatoms. The van der Waals surface area contributed by atoms with Crippen LogP contribution < -0.4 is 14.8 Å². The van der Waals surface area contributed by atoms with Crippen molar-refractivity contribution in [2.24, 2.45) is 0 Å². The zero-order chi connectivity index (χ0) is 14.5. The third-order valence-corrected chi connectivity index (χ3v) is 2.57. The van der Waals surface area contributed by atoms with Gasteiger partial charge in [-0.05, 0) is 12.1 Å². The molecular formula is C13H13N3O4. The van der Waals surface area contributed by atoms with Crippen LogP contribution in [0.2, 0.25) is 0 Å². The molecule has 7 nitrogen and oxygen atoms in total. The van der Waals surface area contributed by atoms with E-state index in [0.29, 0.717) is 17.3 Å². The first-order valence-electron chi connectivity index (χ1n) is 5.78. The molecule has 0 spiro atoms. The molecule has 0 saturated heterocycles. The van der Waals surface area contributed by atoms with Crippen LogP contribution in [0.25, 0.3) is 0 Å². The Morgan fingerprint density at radius 2 is 2.05 bits per heavy atom. The van der Waals surface area contributed by atoms with Crippen LogP contribution in [0.15, 0.2) is 36.5 Å². The Morgan fingerprint density at radius 1 is 1.25 bits per heavy atom. The van der Waals surface area contributed by atoms with Crippen LogP contribution in [0.3, 0.4) is 0 Å². The summed E-state index contributed by atoms with van der Waals surface area (Å²) in [7, 11) is 3.21. The van der Waals surface area contributed by atoms with Gasteiger partial charge in [-0.1, -0.05) is 0 Å². The van der Waals surface area contributed by atoms with Crippen LogP contribution in [0.1, 0.15) is 0 Å². The minimum absolute atomic E-state index is 0.0660. The molecule has 1 heterocycles. The Balaban J connectivity index is 2.35. The predicted octanol–water partition coefficient (Wildman–Crippen LogP) is 2.83. The van der Waals surface area contributed by atoms with Crippen LogP contribution in [0, 0.1) is 10.1 Å². The molecule has 0 bridgehead atoms. The number of nitrogens with zero attached hydrogens (tertiary/aromatic N) is 2. The van der Waals surface area contributed by atoms with Crippen molar-refractivity contribution in [2.75, 3.05) is 19.5 Å². The van der Waals surface area contributed by atoms with Crippen LogP contribution in [-0.2, 0) is 0 Å². The lowest BCUT2D eigenvalue weighted by Crippen LogP contribution is -1.95. The van der Waals surface area contributed by atoms with Gasteiger partial charge in [0.05, 0.1) is 18.1 Å². The number of nitro benzene ring substituents is 1. The fourth-order valence-electron chi connectivity index (χ4n) is 1.60. The Labute approximate surface area is 115 Å². The molecule has 0 aliphatic heterocycles. The number of ether oxygens (including phenoxy) is 2. The van der Waals surface area contributed by atoms with Gasteiger partial charge >= 0.3 is 0 Å². The largest absolute Gasteiger partial charge is 0.493 e. The van der Waals surface area contributed by atoms with Crippen LogP contribution >= 0.6 is 0 Å². The van der Waals surface area contributed by atoms with Gasteiger partial charge in [0.15, 0.2) is 11.5 Å². The molecule has 1 aromatic heterocycles. The molecule has 1 aromatic carbocycles. The maximum atomic E-state index is 10.8. The summed E-state index contributed by atoms with van der Waals surface area (Å²) in [4.78, 5) is 14.4. The van der Waals surface area contributed by atoms with Crippen molar-refractivity contribution in [3.63, 3.8) is 0 Å². The molecule has 0 amide bonds. The average molecular weight is 275 g/mol. The van der Waals surface area contributed by atoms with Gasteiger partial charge in [0.1, 0.15) is 11.6 Å². The zero-order valence-electron chi connectivity index (χ0n) is 11.0. The average Bonchev–Trinajstić information content (AvgIpc) is 2.47. The molecule has 0 aliphatic carbocycles. The van der Waals surface area contributed by atoms with E-state index in [2.05, 4.69) is 10.3 Å². The third-order valence-electron chi connectivity index (χ3n) is 2.57. The number of methoxy groups -OCH3 is 1. The van der Waals surface area contributed by atoms with Gasteiger partial charge in [-0.2, -0.15) is 0 Å². The Kier molecular flexibility index (Phi) is 3.99. The van der Waals surface area contributed by atoms with E-state index in [1.165, 1.54) is 25.3 Å². The van der Waals surface area contributed by atoms with E-state index in [-0.39, 0.29) is 11.4 Å². The summed E-state index contributed by atoms with van der Waals surface area (Å²) in [5.74, 6) is 1.82. The van der Waals surface area contributed by atoms with E-state index in [4.69, 9.17) is 9.47 Å². The van der Waals surface area contributed by atoms with Crippen molar-refractivity contribution >= 4 is 11.5 Å². The molecule has 0 aliphatic rings. The maximum Gasteiger partial charge on any atom is 0.273 e. The zero-order valence-corrected chi connectivity index (χ0v) is 11.0. The lowest BCUT2D eigenvalue weighted by molar-refractivity contribution is -0.384. The summed E-state index contributed by atoms with van der Waals surface area (Å²) in [5, 5.41) is 13.7. The fourth-order valence-corrected chi connectivity index (χ4v) is 1.60. The van der Waals surface area contributed by atoms with E-state index in [1.54, 1.807) is 25.4 Å². The number of pyridine rings is 1. The first-order valence-corrected chi connectivity index (χ1v) is 5.78. The first kappa shape index (κ1) is 13.6. The molecule has 1 N–H and O–H groups in total. The van der Waals surface area contributed by atoms with E-state index in [1.807, 2.05) is 0 Å². The summed E-state index contributed by atoms with van der Waals surface area (Å²) in [6.07, 6.45) is 1.57. The monoisotopic (exact) mass is 275 g/mol.